The summed E-state index contributed by atoms with van der Waals surface area (Å²) in [6.07, 6.45) is 3.05. The summed E-state index contributed by atoms with van der Waals surface area (Å²) in [5.41, 5.74) is 3.39. The number of rotatable bonds is 10. The normalized spacial score (nSPS) is 12.3. The van der Waals surface area contributed by atoms with Gasteiger partial charge in [0.05, 0.1) is 19.2 Å². The van der Waals surface area contributed by atoms with Gasteiger partial charge in [-0.15, -0.1) is 21.5 Å². The molecule has 38 heavy (non-hydrogen) atoms. The van der Waals surface area contributed by atoms with E-state index in [1.165, 1.54) is 30.2 Å². The number of esters is 1. The van der Waals surface area contributed by atoms with Crippen LogP contribution in [-0.4, -0.2) is 39.5 Å². The van der Waals surface area contributed by atoms with Gasteiger partial charge >= 0.3 is 5.97 Å². The Morgan fingerprint density at radius 2 is 1.89 bits per heavy atom. The van der Waals surface area contributed by atoms with Crippen LogP contribution in [0.3, 0.4) is 0 Å². The van der Waals surface area contributed by atoms with Crippen molar-refractivity contribution in [2.45, 2.75) is 37.4 Å². The van der Waals surface area contributed by atoms with Gasteiger partial charge in [0.1, 0.15) is 5.00 Å². The molecule has 0 radical (unpaired) electrons. The molecule has 2 N–H and O–H groups in total. The molecule has 2 aromatic carbocycles. The van der Waals surface area contributed by atoms with Gasteiger partial charge in [0.2, 0.25) is 5.91 Å². The van der Waals surface area contributed by atoms with Gasteiger partial charge in [0, 0.05) is 33.4 Å². The van der Waals surface area contributed by atoms with Crippen molar-refractivity contribution in [3.63, 3.8) is 0 Å². The van der Waals surface area contributed by atoms with E-state index < -0.39 is 5.97 Å². The minimum atomic E-state index is -0.398. The van der Waals surface area contributed by atoms with Crippen LogP contribution in [0.2, 0.25) is 5.02 Å². The minimum Gasteiger partial charge on any atom is -0.465 e. The Morgan fingerprint density at radius 1 is 1.11 bits per heavy atom. The summed E-state index contributed by atoms with van der Waals surface area (Å²) in [6.45, 7) is 0.462. The molecular weight excluding hydrogens is 542 g/mol. The van der Waals surface area contributed by atoms with E-state index in [2.05, 4.69) is 20.8 Å². The van der Waals surface area contributed by atoms with Crippen molar-refractivity contribution in [1.29, 1.82) is 0 Å². The smallest absolute Gasteiger partial charge is 0.341 e. The van der Waals surface area contributed by atoms with Crippen molar-refractivity contribution in [2.24, 2.45) is 0 Å². The van der Waals surface area contributed by atoms with Crippen LogP contribution in [0.25, 0.3) is 5.69 Å². The van der Waals surface area contributed by atoms with Gasteiger partial charge < -0.3 is 15.4 Å². The van der Waals surface area contributed by atoms with Gasteiger partial charge in [-0.25, -0.2) is 4.79 Å². The average Bonchev–Trinajstić information content (AvgIpc) is 3.63. The number of nitrogens with zero attached hydrogens (tertiary/aromatic N) is 3. The van der Waals surface area contributed by atoms with Crippen molar-refractivity contribution in [1.82, 2.24) is 14.8 Å². The third-order valence-corrected chi connectivity index (χ3v) is 8.52. The molecule has 0 aliphatic heterocycles. The van der Waals surface area contributed by atoms with Crippen molar-refractivity contribution in [2.75, 3.05) is 23.5 Å². The minimum absolute atomic E-state index is 0.155. The Morgan fingerprint density at radius 3 is 2.66 bits per heavy atom. The molecule has 0 saturated heterocycles. The third-order valence-electron chi connectivity index (χ3n) is 6.13. The lowest BCUT2D eigenvalue weighted by Gasteiger charge is -2.11. The topological polar surface area (TPSA) is 98.1 Å². The number of hydrogen-bond donors (Lipinski definition) is 2. The number of benzene rings is 2. The van der Waals surface area contributed by atoms with E-state index in [4.69, 9.17) is 16.3 Å². The number of thiophene rings is 1. The van der Waals surface area contributed by atoms with Crippen molar-refractivity contribution in [3.05, 3.63) is 81.4 Å². The number of hydrogen-bond acceptors (Lipinski definition) is 8. The van der Waals surface area contributed by atoms with E-state index in [0.717, 1.165) is 46.9 Å². The fourth-order valence-electron chi connectivity index (χ4n) is 4.33. The van der Waals surface area contributed by atoms with Crippen LogP contribution in [0.15, 0.2) is 59.8 Å². The van der Waals surface area contributed by atoms with Crippen LogP contribution in [0.5, 0.6) is 0 Å². The number of nitrogens with one attached hydrogen (secondary N) is 2. The van der Waals surface area contributed by atoms with Crippen molar-refractivity contribution < 1.29 is 14.3 Å². The van der Waals surface area contributed by atoms with Crippen LogP contribution < -0.4 is 10.6 Å². The molecule has 11 heteroatoms. The number of aromatic nitrogens is 3. The Labute approximate surface area is 233 Å². The standard InChI is InChI=1S/C27H26ClN5O3S2/c1-36-26(35)24-20-8-5-9-21(20)38-25(24)30-23(34)14-15-37-27-32-31-22(33(27)19-6-3-2-4-7-19)16-29-18-12-10-17(28)11-13-18/h2-4,6-7,10-13,29H,5,8-9,14-16H2,1H3,(H,30,34). The molecule has 1 aliphatic rings. The lowest BCUT2D eigenvalue weighted by atomic mass is 10.1. The number of halogens is 1. The first-order valence-corrected chi connectivity index (χ1v) is 14.4. The lowest BCUT2D eigenvalue weighted by molar-refractivity contribution is -0.115. The second kappa shape index (κ2) is 12.0. The van der Waals surface area contributed by atoms with Crippen LogP contribution in [0.1, 0.15) is 39.5 Å². The summed E-state index contributed by atoms with van der Waals surface area (Å²) in [4.78, 5) is 26.3. The molecule has 0 bridgehead atoms. The number of ether oxygens (including phenoxy) is 1. The molecule has 196 valence electrons. The molecule has 1 amide bonds. The summed E-state index contributed by atoms with van der Waals surface area (Å²) in [5.74, 6) is 0.691. The molecule has 0 fully saturated rings. The molecule has 8 nitrogen and oxygen atoms in total. The molecule has 0 spiro atoms. The number of amides is 1. The molecular formula is C27H26ClN5O3S2. The molecule has 4 aromatic rings. The number of anilines is 2. The SMILES string of the molecule is COC(=O)c1c(NC(=O)CCSc2nnc(CNc3ccc(Cl)cc3)n2-c2ccccc2)sc2c1CCC2. The Hall–Kier alpha value is -3.34. The number of fused-ring (bicyclic) bond motifs is 1. The second-order valence-corrected chi connectivity index (χ2v) is 11.2. The number of para-hydroxylation sites is 1. The molecule has 5 rings (SSSR count). The van der Waals surface area contributed by atoms with Gasteiger partial charge in [-0.05, 0) is 61.2 Å². The van der Waals surface area contributed by atoms with Crippen molar-refractivity contribution >= 4 is 57.3 Å². The van der Waals surface area contributed by atoms with E-state index in [9.17, 15) is 9.59 Å². The Bertz CT molecular complexity index is 1440. The quantitative estimate of drug-likeness (QED) is 0.179. The van der Waals surface area contributed by atoms with Gasteiger partial charge in [0.25, 0.3) is 0 Å². The van der Waals surface area contributed by atoms with Crippen LogP contribution >= 0.6 is 34.7 Å². The van der Waals surface area contributed by atoms with Crippen LogP contribution in [0, 0.1) is 0 Å². The number of carbonyl (C=O) groups excluding carboxylic acids is 2. The zero-order valence-corrected chi connectivity index (χ0v) is 23.1. The fraction of sp³-hybridized carbons (Fsp3) is 0.259. The molecule has 2 heterocycles. The third kappa shape index (κ3) is 5.87. The van der Waals surface area contributed by atoms with Gasteiger partial charge in [-0.2, -0.15) is 0 Å². The fourth-order valence-corrected chi connectivity index (χ4v) is 6.66. The molecule has 0 unspecified atom stereocenters. The second-order valence-electron chi connectivity index (χ2n) is 8.63. The van der Waals surface area contributed by atoms with E-state index >= 15 is 0 Å². The van der Waals surface area contributed by atoms with Crippen LogP contribution in [-0.2, 0) is 28.9 Å². The highest BCUT2D eigenvalue weighted by Gasteiger charge is 2.28. The first kappa shape index (κ1) is 26.3. The summed E-state index contributed by atoms with van der Waals surface area (Å²) < 4.78 is 6.97. The predicted molar refractivity (Wildman–Crippen MR) is 152 cm³/mol. The largest absolute Gasteiger partial charge is 0.465 e. The summed E-state index contributed by atoms with van der Waals surface area (Å²) in [7, 11) is 1.37. The molecule has 2 aromatic heterocycles. The predicted octanol–water partition coefficient (Wildman–Crippen LogP) is 5.99. The Kier molecular flexibility index (Phi) is 8.31. The zero-order chi connectivity index (χ0) is 26.5. The highest BCUT2D eigenvalue weighted by atomic mass is 35.5. The maximum Gasteiger partial charge on any atom is 0.341 e. The first-order valence-electron chi connectivity index (χ1n) is 12.2. The Balaban J connectivity index is 1.25. The van der Waals surface area contributed by atoms with Gasteiger partial charge in [-0.1, -0.05) is 41.6 Å². The van der Waals surface area contributed by atoms with E-state index in [0.29, 0.717) is 33.0 Å². The molecule has 1 aliphatic carbocycles. The number of methoxy groups -OCH3 is 1. The maximum absolute atomic E-state index is 12.8. The lowest BCUT2D eigenvalue weighted by Crippen LogP contribution is -2.15. The van der Waals surface area contributed by atoms with Gasteiger partial charge in [0.15, 0.2) is 11.0 Å². The number of aryl methyl sites for hydroxylation is 1. The zero-order valence-electron chi connectivity index (χ0n) is 20.7. The number of carbonyl (C=O) groups is 2. The molecule has 0 atom stereocenters. The van der Waals surface area contributed by atoms with E-state index in [-0.39, 0.29) is 12.3 Å². The summed E-state index contributed by atoms with van der Waals surface area (Å²) in [6, 6.07) is 17.4. The number of thioether (sulfide) groups is 1. The monoisotopic (exact) mass is 567 g/mol. The average molecular weight is 568 g/mol. The van der Waals surface area contributed by atoms with E-state index in [1.807, 2.05) is 59.2 Å². The van der Waals surface area contributed by atoms with E-state index in [1.54, 1.807) is 0 Å². The highest BCUT2D eigenvalue weighted by molar-refractivity contribution is 7.99. The van der Waals surface area contributed by atoms with Crippen LogP contribution in [0.4, 0.5) is 10.7 Å². The summed E-state index contributed by atoms with van der Waals surface area (Å²) in [5, 5.41) is 17.1. The summed E-state index contributed by atoms with van der Waals surface area (Å²) >= 11 is 8.93. The highest BCUT2D eigenvalue weighted by Crippen LogP contribution is 2.39. The first-order chi connectivity index (χ1) is 18.5. The van der Waals surface area contributed by atoms with Gasteiger partial charge in [-0.3, -0.25) is 9.36 Å². The molecule has 0 saturated carbocycles. The maximum atomic E-state index is 12.8. The van der Waals surface area contributed by atoms with Crippen molar-refractivity contribution in [3.8, 4) is 5.69 Å².